The minimum absolute atomic E-state index is 0.544. The molecule has 0 atom stereocenters. The minimum atomic E-state index is 0.544. The molecular formula is C8H18N2. The zero-order valence-corrected chi connectivity index (χ0v) is 6.98. The molecular weight excluding hydrogens is 124 g/mol. The summed E-state index contributed by atoms with van der Waals surface area (Å²) >= 11 is 0. The van der Waals surface area contributed by atoms with E-state index in [1.54, 1.807) is 0 Å². The second-order valence-electron chi connectivity index (χ2n) is 3.34. The first-order valence-electron chi connectivity index (χ1n) is 4.27. The van der Waals surface area contributed by atoms with E-state index in [1.165, 1.54) is 25.9 Å². The molecule has 0 saturated carbocycles. The van der Waals surface area contributed by atoms with Crippen molar-refractivity contribution < 1.29 is 0 Å². The van der Waals surface area contributed by atoms with Crippen molar-refractivity contribution >= 4 is 0 Å². The summed E-state index contributed by atoms with van der Waals surface area (Å²) in [7, 11) is 0. The van der Waals surface area contributed by atoms with Gasteiger partial charge in [-0.15, -0.1) is 0 Å². The Labute approximate surface area is 63.4 Å². The van der Waals surface area contributed by atoms with Gasteiger partial charge in [-0.05, 0) is 31.8 Å². The van der Waals surface area contributed by atoms with Gasteiger partial charge in [-0.25, -0.2) is 0 Å². The molecule has 2 heteroatoms. The molecule has 2 nitrogen and oxygen atoms in total. The van der Waals surface area contributed by atoms with E-state index in [4.69, 9.17) is 0 Å². The van der Waals surface area contributed by atoms with Crippen molar-refractivity contribution in [2.24, 2.45) is 5.92 Å². The fourth-order valence-electron chi connectivity index (χ4n) is 1.31. The summed E-state index contributed by atoms with van der Waals surface area (Å²) in [5.74, 6) is 0.707. The first-order valence-corrected chi connectivity index (χ1v) is 4.27. The third-order valence-electron chi connectivity index (χ3n) is 2.00. The van der Waals surface area contributed by atoms with E-state index in [0.29, 0.717) is 12.1 Å². The second kappa shape index (κ2) is 3.94. The summed E-state index contributed by atoms with van der Waals surface area (Å²) < 4.78 is 0. The summed E-state index contributed by atoms with van der Waals surface area (Å²) in [5.41, 5.74) is 0. The van der Waals surface area contributed by atoms with Gasteiger partial charge in [-0.2, -0.15) is 0 Å². The van der Waals surface area contributed by atoms with E-state index in [9.17, 15) is 0 Å². The highest BCUT2D eigenvalue weighted by molar-refractivity contribution is 4.71. The van der Waals surface area contributed by atoms with Gasteiger partial charge < -0.3 is 10.6 Å². The molecule has 0 aliphatic carbocycles. The molecule has 0 spiro atoms. The van der Waals surface area contributed by atoms with Crippen LogP contribution < -0.4 is 10.6 Å². The molecule has 1 saturated heterocycles. The lowest BCUT2D eigenvalue weighted by Crippen LogP contribution is -2.44. The van der Waals surface area contributed by atoms with Gasteiger partial charge >= 0.3 is 0 Å². The van der Waals surface area contributed by atoms with Crippen LogP contribution in [0.25, 0.3) is 0 Å². The fourth-order valence-corrected chi connectivity index (χ4v) is 1.31. The molecule has 0 radical (unpaired) electrons. The van der Waals surface area contributed by atoms with Gasteiger partial charge in [-0.3, -0.25) is 0 Å². The smallest absolute Gasteiger partial charge is 0.0595 e. The lowest BCUT2D eigenvalue weighted by Gasteiger charge is -2.20. The first-order chi connectivity index (χ1) is 4.80. The van der Waals surface area contributed by atoms with Gasteiger partial charge in [0.1, 0.15) is 0 Å². The third-order valence-corrected chi connectivity index (χ3v) is 2.00. The van der Waals surface area contributed by atoms with Crippen molar-refractivity contribution in [3.63, 3.8) is 0 Å². The lowest BCUT2D eigenvalue weighted by molar-refractivity contribution is 0.359. The highest BCUT2D eigenvalue weighted by atomic mass is 15.1. The van der Waals surface area contributed by atoms with E-state index in [1.807, 2.05) is 0 Å². The third kappa shape index (κ3) is 2.27. The van der Waals surface area contributed by atoms with Crippen LogP contribution >= 0.6 is 0 Å². The summed E-state index contributed by atoms with van der Waals surface area (Å²) in [6.07, 6.45) is 3.18. The Morgan fingerprint density at radius 1 is 1.10 bits per heavy atom. The van der Waals surface area contributed by atoms with Gasteiger partial charge in [-0.1, -0.05) is 13.8 Å². The standard InChI is InChI=1S/C8H18N2/c1-7(2)8-9-5-3-4-6-10-8/h7-10H,3-6H2,1-2H3. The van der Waals surface area contributed by atoms with Crippen LogP contribution in [0.2, 0.25) is 0 Å². The molecule has 0 amide bonds. The van der Waals surface area contributed by atoms with Gasteiger partial charge in [0.25, 0.3) is 0 Å². The summed E-state index contributed by atoms with van der Waals surface area (Å²) in [6, 6.07) is 0. The highest BCUT2D eigenvalue weighted by Crippen LogP contribution is 2.01. The Hall–Kier alpha value is -0.0800. The van der Waals surface area contributed by atoms with Gasteiger partial charge in [0, 0.05) is 0 Å². The number of hydrogen-bond donors (Lipinski definition) is 2. The summed E-state index contributed by atoms with van der Waals surface area (Å²) in [6.45, 7) is 6.84. The molecule has 1 heterocycles. The highest BCUT2D eigenvalue weighted by Gasteiger charge is 2.12. The minimum Gasteiger partial charge on any atom is -0.302 e. The number of nitrogens with one attached hydrogen (secondary N) is 2. The molecule has 60 valence electrons. The zero-order chi connectivity index (χ0) is 7.40. The second-order valence-corrected chi connectivity index (χ2v) is 3.34. The van der Waals surface area contributed by atoms with Crippen molar-refractivity contribution in [2.45, 2.75) is 32.9 Å². The topological polar surface area (TPSA) is 24.1 Å². The molecule has 0 unspecified atom stereocenters. The quantitative estimate of drug-likeness (QED) is 0.569. The predicted molar refractivity (Wildman–Crippen MR) is 43.9 cm³/mol. The Morgan fingerprint density at radius 3 is 2.00 bits per heavy atom. The molecule has 2 N–H and O–H groups in total. The normalized spacial score (nSPS) is 23.1. The Kier molecular flexibility index (Phi) is 3.16. The summed E-state index contributed by atoms with van der Waals surface area (Å²) in [5, 5.41) is 6.94. The fraction of sp³-hybridized carbons (Fsp3) is 1.00. The predicted octanol–water partition coefficient (Wildman–Crippen LogP) is 0.941. The Balaban J connectivity index is 2.28. The molecule has 0 aromatic rings. The van der Waals surface area contributed by atoms with Crippen LogP contribution in [0.5, 0.6) is 0 Å². The Bertz CT molecular complexity index is 83.3. The maximum absolute atomic E-state index is 3.47. The van der Waals surface area contributed by atoms with Gasteiger partial charge in [0.05, 0.1) is 6.17 Å². The van der Waals surface area contributed by atoms with Gasteiger partial charge in [0.15, 0.2) is 0 Å². The van der Waals surface area contributed by atoms with Crippen LogP contribution in [0.3, 0.4) is 0 Å². The van der Waals surface area contributed by atoms with Crippen molar-refractivity contribution in [3.05, 3.63) is 0 Å². The number of rotatable bonds is 1. The molecule has 0 bridgehead atoms. The zero-order valence-electron chi connectivity index (χ0n) is 6.98. The molecule has 1 rings (SSSR count). The van der Waals surface area contributed by atoms with Crippen LogP contribution in [0.15, 0.2) is 0 Å². The average molecular weight is 142 g/mol. The maximum Gasteiger partial charge on any atom is 0.0595 e. The van der Waals surface area contributed by atoms with Crippen LogP contribution in [-0.4, -0.2) is 19.3 Å². The van der Waals surface area contributed by atoms with Crippen molar-refractivity contribution in [3.8, 4) is 0 Å². The van der Waals surface area contributed by atoms with E-state index in [-0.39, 0.29) is 0 Å². The van der Waals surface area contributed by atoms with Crippen LogP contribution in [0.4, 0.5) is 0 Å². The van der Waals surface area contributed by atoms with Crippen molar-refractivity contribution in [2.75, 3.05) is 13.1 Å². The molecule has 1 fully saturated rings. The van der Waals surface area contributed by atoms with Gasteiger partial charge in [0.2, 0.25) is 0 Å². The summed E-state index contributed by atoms with van der Waals surface area (Å²) in [4.78, 5) is 0. The van der Waals surface area contributed by atoms with E-state index in [2.05, 4.69) is 24.5 Å². The molecule has 1 aliphatic heterocycles. The van der Waals surface area contributed by atoms with E-state index >= 15 is 0 Å². The SMILES string of the molecule is CC(C)C1NCCCCN1. The molecule has 0 aromatic carbocycles. The molecule has 1 aliphatic rings. The van der Waals surface area contributed by atoms with E-state index in [0.717, 1.165) is 0 Å². The lowest BCUT2D eigenvalue weighted by atomic mass is 10.1. The Morgan fingerprint density at radius 2 is 1.60 bits per heavy atom. The van der Waals surface area contributed by atoms with Crippen LogP contribution in [0, 0.1) is 5.92 Å². The molecule has 10 heavy (non-hydrogen) atoms. The van der Waals surface area contributed by atoms with Crippen LogP contribution in [-0.2, 0) is 0 Å². The molecule has 0 aromatic heterocycles. The number of hydrogen-bond acceptors (Lipinski definition) is 2. The van der Waals surface area contributed by atoms with Crippen LogP contribution in [0.1, 0.15) is 26.7 Å². The largest absolute Gasteiger partial charge is 0.302 e. The maximum atomic E-state index is 3.47. The first kappa shape index (κ1) is 8.02. The van der Waals surface area contributed by atoms with Crippen molar-refractivity contribution in [1.82, 2.24) is 10.6 Å². The monoisotopic (exact) mass is 142 g/mol. The average Bonchev–Trinajstić information content (AvgIpc) is 2.12. The van der Waals surface area contributed by atoms with Crippen molar-refractivity contribution in [1.29, 1.82) is 0 Å². The van der Waals surface area contributed by atoms with E-state index < -0.39 is 0 Å².